The van der Waals surface area contributed by atoms with Gasteiger partial charge in [0.2, 0.25) is 11.3 Å². The lowest BCUT2D eigenvalue weighted by Crippen LogP contribution is -2.24. The largest absolute Gasteiger partial charge is 0.494 e. The summed E-state index contributed by atoms with van der Waals surface area (Å²) < 4.78 is 31.5. The van der Waals surface area contributed by atoms with Crippen molar-refractivity contribution in [1.82, 2.24) is 4.57 Å². The van der Waals surface area contributed by atoms with Crippen LogP contribution in [-0.2, 0) is 11.3 Å². The Kier molecular flexibility index (Phi) is 6.59. The van der Waals surface area contributed by atoms with Crippen LogP contribution in [0.3, 0.4) is 0 Å². The molecule has 4 aromatic rings. The zero-order valence-corrected chi connectivity index (χ0v) is 20.0. The maximum atomic E-state index is 13.4. The van der Waals surface area contributed by atoms with Crippen molar-refractivity contribution in [2.24, 2.45) is 0 Å². The average Bonchev–Trinajstić information content (AvgIpc) is 2.90. The number of ketones is 1. The van der Waals surface area contributed by atoms with Crippen molar-refractivity contribution in [1.29, 1.82) is 0 Å². The van der Waals surface area contributed by atoms with Crippen LogP contribution in [-0.4, -0.2) is 36.1 Å². The molecule has 0 saturated heterocycles. The van der Waals surface area contributed by atoms with Gasteiger partial charge in [-0.25, -0.2) is 4.39 Å². The smallest absolute Gasteiger partial charge is 0.244 e. The topological polar surface area (TPSA) is 95.9 Å². The molecule has 0 radical (unpaired) electrons. The van der Waals surface area contributed by atoms with Crippen molar-refractivity contribution in [3.8, 4) is 17.2 Å². The maximum Gasteiger partial charge on any atom is 0.244 e. The van der Waals surface area contributed by atoms with E-state index in [1.54, 1.807) is 36.4 Å². The van der Waals surface area contributed by atoms with Gasteiger partial charge in [-0.3, -0.25) is 14.4 Å². The minimum absolute atomic E-state index is 0.139. The van der Waals surface area contributed by atoms with Gasteiger partial charge >= 0.3 is 0 Å². The van der Waals surface area contributed by atoms with Crippen molar-refractivity contribution in [3.05, 3.63) is 94.0 Å². The molecule has 0 saturated carbocycles. The second kappa shape index (κ2) is 10.1. The van der Waals surface area contributed by atoms with E-state index in [2.05, 4.69) is 5.32 Å². The fraction of sp³-hybridized carbons (Fsp3) is 0.179. The van der Waals surface area contributed by atoms with Crippen molar-refractivity contribution in [3.63, 3.8) is 0 Å². The van der Waals surface area contributed by atoms with Crippen LogP contribution in [0.15, 0.2) is 71.7 Å². The number of carbonyl (C=O) groups excluding carboxylic acids is 2. The molecule has 2 heterocycles. The van der Waals surface area contributed by atoms with Crippen molar-refractivity contribution < 1.29 is 28.2 Å². The van der Waals surface area contributed by atoms with Gasteiger partial charge in [-0.2, -0.15) is 0 Å². The van der Waals surface area contributed by atoms with Crippen molar-refractivity contribution in [2.75, 3.05) is 25.1 Å². The van der Waals surface area contributed by atoms with Gasteiger partial charge in [0.25, 0.3) is 0 Å². The molecule has 8 nitrogen and oxygen atoms in total. The maximum absolute atomic E-state index is 13.4. The highest BCUT2D eigenvalue weighted by atomic mass is 19.1. The number of aromatic nitrogens is 1. The third-order valence-electron chi connectivity index (χ3n) is 5.85. The van der Waals surface area contributed by atoms with E-state index in [-0.39, 0.29) is 29.0 Å². The Bertz CT molecular complexity index is 1560. The first-order valence-corrected chi connectivity index (χ1v) is 11.7. The number of nitrogens with one attached hydrogen (secondary N) is 1. The number of hydrogen-bond donors (Lipinski definition) is 1. The third-order valence-corrected chi connectivity index (χ3v) is 5.85. The summed E-state index contributed by atoms with van der Waals surface area (Å²) in [6, 6.07) is 15.0. The number of amides is 1. The predicted octanol–water partition coefficient (Wildman–Crippen LogP) is 4.18. The minimum atomic E-state index is -0.574. The van der Waals surface area contributed by atoms with Gasteiger partial charge in [0, 0.05) is 23.5 Å². The van der Waals surface area contributed by atoms with Crippen LogP contribution in [0.4, 0.5) is 10.1 Å². The average molecular weight is 502 g/mol. The van der Waals surface area contributed by atoms with E-state index in [9.17, 15) is 18.8 Å². The number of nitrogens with zero attached hydrogens (tertiary/aromatic N) is 1. The van der Waals surface area contributed by atoms with Gasteiger partial charge in [0.15, 0.2) is 17.3 Å². The van der Waals surface area contributed by atoms with Gasteiger partial charge in [0.1, 0.15) is 31.3 Å². The fourth-order valence-electron chi connectivity index (χ4n) is 4.16. The summed E-state index contributed by atoms with van der Waals surface area (Å²) in [4.78, 5) is 39.6. The number of rotatable bonds is 7. The van der Waals surface area contributed by atoms with Gasteiger partial charge in [-0.05, 0) is 61.5 Å². The summed E-state index contributed by atoms with van der Waals surface area (Å²) in [5.74, 6) is 0.152. The molecule has 3 aromatic carbocycles. The Morgan fingerprint density at radius 3 is 2.51 bits per heavy atom. The van der Waals surface area contributed by atoms with E-state index in [0.717, 1.165) is 12.1 Å². The monoisotopic (exact) mass is 502 g/mol. The van der Waals surface area contributed by atoms with Crippen molar-refractivity contribution >= 4 is 28.3 Å². The summed E-state index contributed by atoms with van der Waals surface area (Å²) in [6.07, 6.45) is 1.36. The molecule has 9 heteroatoms. The summed E-state index contributed by atoms with van der Waals surface area (Å²) in [5.41, 5.74) is 0.489. The number of hydrogen-bond acceptors (Lipinski definition) is 6. The molecule has 0 aliphatic carbocycles. The molecule has 0 spiro atoms. The SMILES string of the molecule is CCOc1ccc2c(c1)c(=O)c(C(=O)c1ccc(F)cc1)cn2CC(=O)Nc1ccc2c(c1)OCCO2. The standard InChI is InChI=1S/C28H23FN2O6/c1-2-35-20-8-9-23-21(14-20)28(34)22(27(33)17-3-5-18(29)6-4-17)15-31(23)16-26(32)30-19-7-10-24-25(13-19)37-12-11-36-24/h3-10,13-15H,2,11-12,16H2,1H3,(H,30,32). The molecule has 1 amide bonds. The van der Waals surface area contributed by atoms with E-state index in [1.807, 2.05) is 6.92 Å². The van der Waals surface area contributed by atoms with Crippen LogP contribution in [0.2, 0.25) is 0 Å². The lowest BCUT2D eigenvalue weighted by atomic mass is 10.0. The molecule has 1 aliphatic rings. The Hall–Kier alpha value is -4.66. The molecular formula is C28H23FN2O6. The molecule has 0 atom stereocenters. The van der Waals surface area contributed by atoms with Gasteiger partial charge in [0.05, 0.1) is 23.1 Å². The first kappa shape index (κ1) is 24.1. The van der Waals surface area contributed by atoms with Crippen LogP contribution in [0.25, 0.3) is 10.9 Å². The Labute approximate surface area is 211 Å². The summed E-state index contributed by atoms with van der Waals surface area (Å²) in [5, 5.41) is 3.04. The van der Waals surface area contributed by atoms with E-state index < -0.39 is 17.0 Å². The third kappa shape index (κ3) is 5.02. The van der Waals surface area contributed by atoms with Crippen LogP contribution in [0.1, 0.15) is 22.8 Å². The summed E-state index contributed by atoms with van der Waals surface area (Å²) in [7, 11) is 0. The number of benzene rings is 3. The first-order valence-electron chi connectivity index (χ1n) is 11.7. The number of anilines is 1. The second-order valence-corrected chi connectivity index (χ2v) is 8.35. The quantitative estimate of drug-likeness (QED) is 0.381. The number of ether oxygens (including phenoxy) is 3. The normalized spacial score (nSPS) is 12.3. The summed E-state index contributed by atoms with van der Waals surface area (Å²) in [6.45, 7) is 2.92. The molecule has 0 bridgehead atoms. The molecule has 1 aromatic heterocycles. The molecule has 0 fully saturated rings. The molecule has 1 N–H and O–H groups in total. The zero-order chi connectivity index (χ0) is 25.9. The van der Waals surface area contributed by atoms with Crippen LogP contribution in [0.5, 0.6) is 17.2 Å². The fourth-order valence-corrected chi connectivity index (χ4v) is 4.16. The lowest BCUT2D eigenvalue weighted by molar-refractivity contribution is -0.116. The van der Waals surface area contributed by atoms with Crippen LogP contribution < -0.4 is 25.0 Å². The Morgan fingerprint density at radius 1 is 1.00 bits per heavy atom. The first-order chi connectivity index (χ1) is 17.9. The summed E-state index contributed by atoms with van der Waals surface area (Å²) >= 11 is 0. The second-order valence-electron chi connectivity index (χ2n) is 8.35. The minimum Gasteiger partial charge on any atom is -0.494 e. The van der Waals surface area contributed by atoms with Crippen molar-refractivity contribution in [2.45, 2.75) is 13.5 Å². The van der Waals surface area contributed by atoms with Crippen LogP contribution in [0, 0.1) is 5.82 Å². The number of fused-ring (bicyclic) bond motifs is 2. The molecule has 188 valence electrons. The Balaban J connectivity index is 1.51. The molecular weight excluding hydrogens is 479 g/mol. The highest BCUT2D eigenvalue weighted by Gasteiger charge is 2.19. The van der Waals surface area contributed by atoms with E-state index >= 15 is 0 Å². The zero-order valence-electron chi connectivity index (χ0n) is 20.0. The van der Waals surface area contributed by atoms with E-state index in [1.165, 1.54) is 22.9 Å². The predicted molar refractivity (Wildman–Crippen MR) is 135 cm³/mol. The number of pyridine rings is 1. The Morgan fingerprint density at radius 2 is 1.76 bits per heavy atom. The molecule has 0 unspecified atom stereocenters. The van der Waals surface area contributed by atoms with Gasteiger partial charge in [-0.15, -0.1) is 0 Å². The highest BCUT2D eigenvalue weighted by molar-refractivity contribution is 6.10. The number of carbonyl (C=O) groups is 2. The van der Waals surface area contributed by atoms with Gasteiger partial charge in [-0.1, -0.05) is 0 Å². The van der Waals surface area contributed by atoms with E-state index in [4.69, 9.17) is 14.2 Å². The van der Waals surface area contributed by atoms with Crippen LogP contribution >= 0.6 is 0 Å². The molecule has 1 aliphatic heterocycles. The van der Waals surface area contributed by atoms with E-state index in [0.29, 0.717) is 48.3 Å². The lowest BCUT2D eigenvalue weighted by Gasteiger charge is -2.19. The molecule has 37 heavy (non-hydrogen) atoms. The molecule has 5 rings (SSSR count). The highest BCUT2D eigenvalue weighted by Crippen LogP contribution is 2.32. The number of halogens is 1. The van der Waals surface area contributed by atoms with Gasteiger partial charge < -0.3 is 24.1 Å².